The van der Waals surface area contributed by atoms with Crippen LogP contribution in [-0.2, 0) is 14.6 Å². The van der Waals surface area contributed by atoms with E-state index >= 15 is 0 Å². The van der Waals surface area contributed by atoms with Crippen LogP contribution in [0.4, 0.5) is 0 Å². The summed E-state index contributed by atoms with van der Waals surface area (Å²) < 4.78 is 26.7. The Morgan fingerprint density at radius 2 is 1.92 bits per heavy atom. The normalized spacial score (nSPS) is 11.8. The van der Waals surface area contributed by atoms with Crippen LogP contribution in [0.2, 0.25) is 0 Å². The molecule has 0 radical (unpaired) electrons. The van der Waals surface area contributed by atoms with Gasteiger partial charge in [0, 0.05) is 5.88 Å². The molecule has 0 rings (SSSR count). The molecule has 0 saturated carbocycles. The quantitative estimate of drug-likeness (QED) is 0.467. The molecule has 0 fully saturated rings. The molecular formula is C6H13ClO4S. The van der Waals surface area contributed by atoms with Crippen molar-refractivity contribution in [2.45, 2.75) is 0 Å². The van der Waals surface area contributed by atoms with E-state index in [0.717, 1.165) is 0 Å². The van der Waals surface area contributed by atoms with Gasteiger partial charge in [-0.15, -0.1) is 11.6 Å². The van der Waals surface area contributed by atoms with Gasteiger partial charge in [0.05, 0.1) is 31.3 Å². The summed E-state index contributed by atoms with van der Waals surface area (Å²) in [5.74, 6) is 0.113. The molecule has 0 aliphatic heterocycles. The second-order valence-electron chi connectivity index (χ2n) is 2.18. The molecule has 4 nitrogen and oxygen atoms in total. The summed E-state index contributed by atoms with van der Waals surface area (Å²) in [5.41, 5.74) is 0. The summed E-state index contributed by atoms with van der Waals surface area (Å²) in [7, 11) is -3.13. The maximum absolute atomic E-state index is 10.9. The van der Waals surface area contributed by atoms with E-state index in [0.29, 0.717) is 12.5 Å². The molecule has 0 heterocycles. The van der Waals surface area contributed by atoms with Crippen LogP contribution >= 0.6 is 11.6 Å². The SMILES string of the molecule is O=S(=O)(CCO)CCOCCCl. The third-order valence-corrected chi connectivity index (χ3v) is 2.91. The molecule has 0 aromatic rings. The number of aliphatic hydroxyl groups is 1. The van der Waals surface area contributed by atoms with Gasteiger partial charge in [-0.05, 0) is 0 Å². The fourth-order valence-corrected chi connectivity index (χ4v) is 1.55. The number of ether oxygens (including phenoxy) is 1. The first kappa shape index (κ1) is 12.2. The zero-order valence-electron chi connectivity index (χ0n) is 6.70. The maximum atomic E-state index is 10.9. The highest BCUT2D eigenvalue weighted by Gasteiger charge is 2.08. The highest BCUT2D eigenvalue weighted by atomic mass is 35.5. The summed E-state index contributed by atoms with van der Waals surface area (Å²) >= 11 is 5.30. The van der Waals surface area contributed by atoms with Gasteiger partial charge in [-0.1, -0.05) is 0 Å². The second kappa shape index (κ2) is 6.65. The van der Waals surface area contributed by atoms with Gasteiger partial charge in [-0.3, -0.25) is 0 Å². The minimum absolute atomic E-state index is 0.0511. The molecule has 0 amide bonds. The Balaban J connectivity index is 3.48. The third-order valence-electron chi connectivity index (χ3n) is 1.16. The molecule has 0 spiro atoms. The molecule has 6 heteroatoms. The lowest BCUT2D eigenvalue weighted by molar-refractivity contribution is 0.165. The summed E-state index contributed by atoms with van der Waals surface area (Å²) in [6, 6.07) is 0. The molecule has 0 atom stereocenters. The first-order valence-electron chi connectivity index (χ1n) is 3.57. The molecule has 12 heavy (non-hydrogen) atoms. The average molecular weight is 217 g/mol. The lowest BCUT2D eigenvalue weighted by atomic mass is 10.8. The highest BCUT2D eigenvalue weighted by Crippen LogP contribution is 1.90. The van der Waals surface area contributed by atoms with Crippen molar-refractivity contribution < 1.29 is 18.3 Å². The molecular weight excluding hydrogens is 204 g/mol. The predicted molar refractivity (Wildman–Crippen MR) is 47.3 cm³/mol. The minimum atomic E-state index is -3.13. The zero-order chi connectivity index (χ0) is 9.45. The van der Waals surface area contributed by atoms with Crippen LogP contribution in [0.1, 0.15) is 0 Å². The predicted octanol–water partition coefficient (Wildman–Crippen LogP) is -0.351. The van der Waals surface area contributed by atoms with Crippen LogP contribution < -0.4 is 0 Å². The number of halogens is 1. The number of hydrogen-bond acceptors (Lipinski definition) is 4. The smallest absolute Gasteiger partial charge is 0.154 e. The summed E-state index contributed by atoms with van der Waals surface area (Å²) in [5, 5.41) is 8.36. The van der Waals surface area contributed by atoms with E-state index in [2.05, 4.69) is 0 Å². The monoisotopic (exact) mass is 216 g/mol. The Bertz CT molecular complexity index is 190. The van der Waals surface area contributed by atoms with E-state index in [4.69, 9.17) is 21.4 Å². The van der Waals surface area contributed by atoms with E-state index in [-0.39, 0.29) is 24.7 Å². The van der Waals surface area contributed by atoms with Crippen LogP contribution in [-0.4, -0.2) is 50.7 Å². The van der Waals surface area contributed by atoms with E-state index in [1.165, 1.54) is 0 Å². The van der Waals surface area contributed by atoms with Gasteiger partial charge in [-0.25, -0.2) is 8.42 Å². The lowest BCUT2D eigenvalue weighted by Crippen LogP contribution is -2.18. The Morgan fingerprint density at radius 3 is 2.42 bits per heavy atom. The van der Waals surface area contributed by atoms with Gasteiger partial charge in [0.2, 0.25) is 0 Å². The van der Waals surface area contributed by atoms with E-state index in [9.17, 15) is 8.42 Å². The fraction of sp³-hybridized carbons (Fsp3) is 1.00. The lowest BCUT2D eigenvalue weighted by Gasteiger charge is -2.02. The van der Waals surface area contributed by atoms with Gasteiger partial charge >= 0.3 is 0 Å². The molecule has 0 saturated heterocycles. The molecule has 0 aromatic heterocycles. The third kappa shape index (κ3) is 6.84. The van der Waals surface area contributed by atoms with Crippen LogP contribution in [0.15, 0.2) is 0 Å². The van der Waals surface area contributed by atoms with Crippen LogP contribution in [0.3, 0.4) is 0 Å². The van der Waals surface area contributed by atoms with E-state index in [1.54, 1.807) is 0 Å². The number of aliphatic hydroxyl groups excluding tert-OH is 1. The first-order chi connectivity index (χ1) is 5.62. The molecule has 0 aromatic carbocycles. The maximum Gasteiger partial charge on any atom is 0.154 e. The fourth-order valence-electron chi connectivity index (χ4n) is 0.584. The minimum Gasteiger partial charge on any atom is -0.395 e. The van der Waals surface area contributed by atoms with Crippen molar-refractivity contribution in [1.29, 1.82) is 0 Å². The average Bonchev–Trinajstić information content (AvgIpc) is 1.98. The second-order valence-corrected chi connectivity index (χ2v) is 4.86. The highest BCUT2D eigenvalue weighted by molar-refractivity contribution is 7.91. The number of alkyl halides is 1. The van der Waals surface area contributed by atoms with Gasteiger partial charge in [0.1, 0.15) is 0 Å². The van der Waals surface area contributed by atoms with Crippen molar-refractivity contribution in [3.05, 3.63) is 0 Å². The number of rotatable bonds is 7. The standard InChI is InChI=1S/C6H13ClO4S/c7-1-3-11-4-6-12(9,10)5-2-8/h8H,1-6H2. The summed E-state index contributed by atoms with van der Waals surface area (Å²) in [4.78, 5) is 0. The van der Waals surface area contributed by atoms with Crippen LogP contribution in [0.5, 0.6) is 0 Å². The van der Waals surface area contributed by atoms with E-state index < -0.39 is 9.84 Å². The number of sulfone groups is 1. The molecule has 0 aliphatic carbocycles. The van der Waals surface area contributed by atoms with Crippen LogP contribution in [0, 0.1) is 0 Å². The van der Waals surface area contributed by atoms with Crippen molar-refractivity contribution in [1.82, 2.24) is 0 Å². The molecule has 1 N–H and O–H groups in total. The molecule has 0 aliphatic rings. The zero-order valence-corrected chi connectivity index (χ0v) is 8.27. The van der Waals surface area contributed by atoms with Gasteiger partial charge in [-0.2, -0.15) is 0 Å². The van der Waals surface area contributed by atoms with Crippen molar-refractivity contribution >= 4 is 21.4 Å². The molecule has 0 bridgehead atoms. The van der Waals surface area contributed by atoms with Gasteiger partial charge in [0.15, 0.2) is 9.84 Å². The Morgan fingerprint density at radius 1 is 1.25 bits per heavy atom. The Kier molecular flexibility index (Phi) is 6.74. The van der Waals surface area contributed by atoms with Gasteiger partial charge in [0.25, 0.3) is 0 Å². The van der Waals surface area contributed by atoms with Crippen molar-refractivity contribution in [3.63, 3.8) is 0 Å². The Labute approximate surface area is 77.4 Å². The van der Waals surface area contributed by atoms with Crippen molar-refractivity contribution in [3.8, 4) is 0 Å². The summed E-state index contributed by atoms with van der Waals surface area (Å²) in [6.45, 7) is 0.170. The largest absolute Gasteiger partial charge is 0.395 e. The topological polar surface area (TPSA) is 63.6 Å². The van der Waals surface area contributed by atoms with Crippen molar-refractivity contribution in [2.24, 2.45) is 0 Å². The molecule has 74 valence electrons. The first-order valence-corrected chi connectivity index (χ1v) is 5.93. The number of hydrogen-bond donors (Lipinski definition) is 1. The molecule has 0 unspecified atom stereocenters. The van der Waals surface area contributed by atoms with Gasteiger partial charge < -0.3 is 9.84 Å². The van der Waals surface area contributed by atoms with E-state index in [1.807, 2.05) is 0 Å². The summed E-state index contributed by atoms with van der Waals surface area (Å²) in [6.07, 6.45) is 0. The Hall–Kier alpha value is 0.160. The van der Waals surface area contributed by atoms with Crippen molar-refractivity contribution in [2.75, 3.05) is 37.2 Å². The van der Waals surface area contributed by atoms with Crippen LogP contribution in [0.25, 0.3) is 0 Å².